The minimum atomic E-state index is 0.817. The van der Waals surface area contributed by atoms with Gasteiger partial charge in [-0.05, 0) is 56.8 Å². The molecule has 0 amide bonds. The Morgan fingerprint density at radius 1 is 1.31 bits per heavy atom. The van der Waals surface area contributed by atoms with Crippen molar-refractivity contribution in [2.75, 3.05) is 20.2 Å². The van der Waals surface area contributed by atoms with Gasteiger partial charge >= 0.3 is 0 Å². The molecule has 88 valence electrons. The molecule has 0 spiro atoms. The summed E-state index contributed by atoms with van der Waals surface area (Å²) in [4.78, 5) is 0. The van der Waals surface area contributed by atoms with E-state index in [2.05, 4.69) is 30.4 Å². The first-order valence-electron chi connectivity index (χ1n) is 6.14. The topological polar surface area (TPSA) is 21.3 Å². The molecule has 0 bridgehead atoms. The van der Waals surface area contributed by atoms with Crippen molar-refractivity contribution < 1.29 is 4.74 Å². The van der Waals surface area contributed by atoms with Crippen molar-refractivity contribution >= 4 is 0 Å². The molecule has 1 aromatic carbocycles. The summed E-state index contributed by atoms with van der Waals surface area (Å²) in [7, 11) is 1.76. The van der Waals surface area contributed by atoms with E-state index in [1.807, 2.05) is 0 Å². The lowest BCUT2D eigenvalue weighted by atomic mass is 9.90. The van der Waals surface area contributed by atoms with E-state index in [0.29, 0.717) is 0 Å². The summed E-state index contributed by atoms with van der Waals surface area (Å²) in [6.45, 7) is 4.48. The van der Waals surface area contributed by atoms with Gasteiger partial charge in [-0.3, -0.25) is 0 Å². The van der Waals surface area contributed by atoms with Crippen molar-refractivity contribution in [1.29, 1.82) is 0 Å². The van der Waals surface area contributed by atoms with Crippen molar-refractivity contribution in [3.8, 4) is 5.75 Å². The lowest BCUT2D eigenvalue weighted by Crippen LogP contribution is -2.28. The fourth-order valence-electron chi connectivity index (χ4n) is 2.46. The molecule has 0 saturated carbocycles. The Morgan fingerprint density at radius 3 is 2.75 bits per heavy atom. The number of rotatable bonds is 3. The molecule has 1 saturated heterocycles. The highest BCUT2D eigenvalue weighted by Gasteiger charge is 2.15. The van der Waals surface area contributed by atoms with Gasteiger partial charge in [0, 0.05) is 0 Å². The third-order valence-corrected chi connectivity index (χ3v) is 3.40. The van der Waals surface area contributed by atoms with E-state index in [9.17, 15) is 0 Å². The fourth-order valence-corrected chi connectivity index (χ4v) is 2.46. The van der Waals surface area contributed by atoms with E-state index in [1.54, 1.807) is 7.11 Å². The van der Waals surface area contributed by atoms with Gasteiger partial charge in [0.25, 0.3) is 0 Å². The van der Waals surface area contributed by atoms with E-state index in [4.69, 9.17) is 4.74 Å². The van der Waals surface area contributed by atoms with Gasteiger partial charge in [-0.2, -0.15) is 0 Å². The standard InChI is InChI=1S/C14H21NO/c1-11-3-4-14(16-2)13(9-11)10-12-5-7-15-8-6-12/h3-4,9,12,15H,5-8,10H2,1-2H3. The molecule has 1 N–H and O–H groups in total. The van der Waals surface area contributed by atoms with E-state index >= 15 is 0 Å². The van der Waals surface area contributed by atoms with Crippen LogP contribution in [0.4, 0.5) is 0 Å². The van der Waals surface area contributed by atoms with Crippen molar-refractivity contribution in [3.63, 3.8) is 0 Å². The molecule has 0 radical (unpaired) electrons. The number of aryl methyl sites for hydroxylation is 1. The molecule has 2 nitrogen and oxygen atoms in total. The molecule has 1 aliphatic heterocycles. The van der Waals surface area contributed by atoms with Crippen molar-refractivity contribution in [1.82, 2.24) is 5.32 Å². The van der Waals surface area contributed by atoms with Gasteiger partial charge in [0.2, 0.25) is 0 Å². The smallest absolute Gasteiger partial charge is 0.122 e. The van der Waals surface area contributed by atoms with Crippen LogP contribution in [-0.4, -0.2) is 20.2 Å². The number of hydrogen-bond donors (Lipinski definition) is 1. The number of benzene rings is 1. The fraction of sp³-hybridized carbons (Fsp3) is 0.571. The maximum atomic E-state index is 5.43. The lowest BCUT2D eigenvalue weighted by molar-refractivity contribution is 0.361. The van der Waals surface area contributed by atoms with Crippen LogP contribution in [0.2, 0.25) is 0 Å². The van der Waals surface area contributed by atoms with Gasteiger partial charge in [0.05, 0.1) is 7.11 Å². The first kappa shape index (κ1) is 11.5. The Labute approximate surface area is 98.0 Å². The number of methoxy groups -OCH3 is 1. The van der Waals surface area contributed by atoms with Crippen LogP contribution in [0, 0.1) is 12.8 Å². The molecule has 16 heavy (non-hydrogen) atoms. The zero-order valence-electron chi connectivity index (χ0n) is 10.3. The summed E-state index contributed by atoms with van der Waals surface area (Å²) in [5, 5.41) is 3.41. The van der Waals surface area contributed by atoms with Gasteiger partial charge in [0.1, 0.15) is 5.75 Å². The van der Waals surface area contributed by atoms with E-state index in [0.717, 1.165) is 18.1 Å². The molecule has 0 atom stereocenters. The van der Waals surface area contributed by atoms with Gasteiger partial charge < -0.3 is 10.1 Å². The monoisotopic (exact) mass is 219 g/mol. The number of piperidine rings is 1. The zero-order chi connectivity index (χ0) is 11.4. The second-order valence-corrected chi connectivity index (χ2v) is 4.71. The van der Waals surface area contributed by atoms with Crippen molar-refractivity contribution in [2.45, 2.75) is 26.2 Å². The first-order valence-corrected chi connectivity index (χ1v) is 6.14. The maximum absolute atomic E-state index is 5.43. The number of ether oxygens (including phenoxy) is 1. The normalized spacial score (nSPS) is 17.4. The Morgan fingerprint density at radius 2 is 2.06 bits per heavy atom. The second kappa shape index (κ2) is 5.35. The molecule has 1 heterocycles. The predicted octanol–water partition coefficient (Wildman–Crippen LogP) is 2.55. The Hall–Kier alpha value is -1.02. The van der Waals surface area contributed by atoms with Gasteiger partial charge in [-0.15, -0.1) is 0 Å². The molecule has 2 heteroatoms. The molecule has 0 aliphatic carbocycles. The molecule has 1 aromatic rings. The maximum Gasteiger partial charge on any atom is 0.122 e. The van der Waals surface area contributed by atoms with Gasteiger partial charge in [0.15, 0.2) is 0 Å². The molecule has 2 rings (SSSR count). The summed E-state index contributed by atoms with van der Waals surface area (Å²) in [6, 6.07) is 6.47. The molecular weight excluding hydrogens is 198 g/mol. The highest BCUT2D eigenvalue weighted by atomic mass is 16.5. The molecule has 0 unspecified atom stereocenters. The average molecular weight is 219 g/mol. The highest BCUT2D eigenvalue weighted by Crippen LogP contribution is 2.25. The van der Waals surface area contributed by atoms with Gasteiger partial charge in [-0.25, -0.2) is 0 Å². The summed E-state index contributed by atoms with van der Waals surface area (Å²) in [5.74, 6) is 1.86. The van der Waals surface area contributed by atoms with E-state index in [1.165, 1.54) is 37.1 Å². The van der Waals surface area contributed by atoms with Crippen LogP contribution in [0.25, 0.3) is 0 Å². The van der Waals surface area contributed by atoms with E-state index in [-0.39, 0.29) is 0 Å². The molecule has 0 aromatic heterocycles. The number of hydrogen-bond acceptors (Lipinski definition) is 2. The Balaban J connectivity index is 2.09. The van der Waals surface area contributed by atoms with Crippen LogP contribution in [0.1, 0.15) is 24.0 Å². The largest absolute Gasteiger partial charge is 0.496 e. The molecular formula is C14H21NO. The summed E-state index contributed by atoms with van der Waals surface area (Å²) in [5.41, 5.74) is 2.69. The van der Waals surface area contributed by atoms with Crippen LogP contribution >= 0.6 is 0 Å². The molecule has 1 aliphatic rings. The van der Waals surface area contributed by atoms with Crippen molar-refractivity contribution in [3.05, 3.63) is 29.3 Å². The lowest BCUT2D eigenvalue weighted by Gasteiger charge is -2.23. The highest BCUT2D eigenvalue weighted by molar-refractivity contribution is 5.37. The van der Waals surface area contributed by atoms with E-state index < -0.39 is 0 Å². The summed E-state index contributed by atoms with van der Waals surface area (Å²) >= 11 is 0. The third kappa shape index (κ3) is 2.76. The third-order valence-electron chi connectivity index (χ3n) is 3.40. The van der Waals surface area contributed by atoms with Crippen LogP contribution in [0.15, 0.2) is 18.2 Å². The second-order valence-electron chi connectivity index (χ2n) is 4.71. The van der Waals surface area contributed by atoms with Crippen LogP contribution < -0.4 is 10.1 Å². The van der Waals surface area contributed by atoms with Crippen LogP contribution in [-0.2, 0) is 6.42 Å². The van der Waals surface area contributed by atoms with Crippen LogP contribution in [0.3, 0.4) is 0 Å². The number of nitrogens with one attached hydrogen (secondary N) is 1. The Kier molecular flexibility index (Phi) is 3.83. The predicted molar refractivity (Wildman–Crippen MR) is 67.0 cm³/mol. The minimum absolute atomic E-state index is 0.817. The Bertz CT molecular complexity index is 343. The first-order chi connectivity index (χ1) is 7.79. The summed E-state index contributed by atoms with van der Waals surface area (Å²) < 4.78 is 5.43. The summed E-state index contributed by atoms with van der Waals surface area (Å²) in [6.07, 6.45) is 3.74. The zero-order valence-corrected chi connectivity index (χ0v) is 10.3. The van der Waals surface area contributed by atoms with Crippen molar-refractivity contribution in [2.24, 2.45) is 5.92 Å². The average Bonchev–Trinajstić information content (AvgIpc) is 2.31. The SMILES string of the molecule is COc1ccc(C)cc1CC1CCNCC1. The quantitative estimate of drug-likeness (QED) is 0.843. The van der Waals surface area contributed by atoms with Gasteiger partial charge in [-0.1, -0.05) is 17.7 Å². The minimum Gasteiger partial charge on any atom is -0.496 e. The van der Waals surface area contributed by atoms with Crippen LogP contribution in [0.5, 0.6) is 5.75 Å². The molecule has 1 fully saturated rings.